The van der Waals surface area contributed by atoms with Crippen molar-refractivity contribution in [1.29, 1.82) is 0 Å². The Kier molecular flexibility index (Phi) is 5.71. The van der Waals surface area contributed by atoms with Gasteiger partial charge in [-0.05, 0) is 39.5 Å². The summed E-state index contributed by atoms with van der Waals surface area (Å²) >= 11 is 0. The molecule has 2 rings (SSSR count). The molecule has 1 saturated carbocycles. The summed E-state index contributed by atoms with van der Waals surface area (Å²) < 4.78 is 10.5. The van der Waals surface area contributed by atoms with Gasteiger partial charge in [0.05, 0.1) is 37.7 Å². The summed E-state index contributed by atoms with van der Waals surface area (Å²) in [7, 11) is 0. The molecule has 0 radical (unpaired) electrons. The summed E-state index contributed by atoms with van der Waals surface area (Å²) in [6.45, 7) is 7.42. The molecule has 0 spiro atoms. The predicted molar refractivity (Wildman–Crippen MR) is 82.4 cm³/mol. The van der Waals surface area contributed by atoms with Gasteiger partial charge in [0.25, 0.3) is 0 Å². The van der Waals surface area contributed by atoms with Crippen LogP contribution in [0.3, 0.4) is 0 Å². The lowest BCUT2D eigenvalue weighted by Crippen LogP contribution is -2.41. The molecule has 1 aromatic rings. The second-order valence-corrected chi connectivity index (χ2v) is 6.32. The maximum Gasteiger partial charge on any atom is 0.307 e. The lowest BCUT2D eigenvalue weighted by atomic mass is 10.0. The van der Waals surface area contributed by atoms with Crippen LogP contribution in [0.1, 0.15) is 45.7 Å². The van der Waals surface area contributed by atoms with Crippen molar-refractivity contribution in [1.82, 2.24) is 15.3 Å². The summed E-state index contributed by atoms with van der Waals surface area (Å²) in [4.78, 5) is 20.1. The maximum atomic E-state index is 11.5. The molecule has 0 amide bonds. The SMILES string of the molecule is CCOC(=O)CC(C)(C)NCc1cnc(OCC2CC2)cn1. The smallest absolute Gasteiger partial charge is 0.307 e. The molecule has 1 N–H and O–H groups in total. The van der Waals surface area contributed by atoms with Crippen LogP contribution in [0.4, 0.5) is 0 Å². The molecule has 6 heteroatoms. The second kappa shape index (κ2) is 7.54. The Hall–Kier alpha value is -1.69. The van der Waals surface area contributed by atoms with Crippen LogP contribution < -0.4 is 10.1 Å². The molecule has 0 bridgehead atoms. The van der Waals surface area contributed by atoms with Crippen molar-refractivity contribution in [2.45, 2.75) is 52.1 Å². The number of nitrogens with zero attached hydrogens (tertiary/aromatic N) is 2. The van der Waals surface area contributed by atoms with E-state index in [9.17, 15) is 4.79 Å². The highest BCUT2D eigenvalue weighted by Crippen LogP contribution is 2.29. The van der Waals surface area contributed by atoms with E-state index in [4.69, 9.17) is 9.47 Å². The lowest BCUT2D eigenvalue weighted by Gasteiger charge is -2.25. The Morgan fingerprint density at radius 1 is 1.36 bits per heavy atom. The summed E-state index contributed by atoms with van der Waals surface area (Å²) in [5, 5.41) is 3.30. The number of carbonyl (C=O) groups is 1. The van der Waals surface area contributed by atoms with Gasteiger partial charge in [-0.1, -0.05) is 0 Å². The highest BCUT2D eigenvalue weighted by atomic mass is 16.5. The first-order chi connectivity index (χ1) is 10.5. The number of nitrogens with one attached hydrogen (secondary N) is 1. The summed E-state index contributed by atoms with van der Waals surface area (Å²) in [5.41, 5.74) is 0.463. The standard InChI is InChI=1S/C16H25N3O3/c1-4-21-15(20)7-16(2,3)19-9-13-8-18-14(10-17-13)22-11-12-5-6-12/h8,10,12,19H,4-7,9,11H2,1-3H3. The molecule has 22 heavy (non-hydrogen) atoms. The molecule has 0 saturated heterocycles. The van der Waals surface area contributed by atoms with Gasteiger partial charge in [0.15, 0.2) is 0 Å². The van der Waals surface area contributed by atoms with Gasteiger partial charge in [0, 0.05) is 12.1 Å². The number of hydrogen-bond acceptors (Lipinski definition) is 6. The quantitative estimate of drug-likeness (QED) is 0.704. The molecule has 1 aromatic heterocycles. The topological polar surface area (TPSA) is 73.3 Å². The Labute approximate surface area is 131 Å². The minimum atomic E-state index is -0.352. The van der Waals surface area contributed by atoms with E-state index in [0.717, 1.165) is 12.3 Å². The van der Waals surface area contributed by atoms with E-state index in [1.807, 2.05) is 13.8 Å². The van der Waals surface area contributed by atoms with Crippen LogP contribution in [0.2, 0.25) is 0 Å². The molecule has 0 aliphatic heterocycles. The molecule has 0 atom stereocenters. The van der Waals surface area contributed by atoms with E-state index in [1.165, 1.54) is 12.8 Å². The highest BCUT2D eigenvalue weighted by Gasteiger charge is 2.23. The number of rotatable bonds is 9. The van der Waals surface area contributed by atoms with Gasteiger partial charge in [0.2, 0.25) is 5.88 Å². The van der Waals surface area contributed by atoms with E-state index in [-0.39, 0.29) is 11.5 Å². The first kappa shape index (κ1) is 16.7. The molecule has 122 valence electrons. The fourth-order valence-corrected chi connectivity index (χ4v) is 1.96. The highest BCUT2D eigenvalue weighted by molar-refractivity contribution is 5.70. The van der Waals surface area contributed by atoms with Crippen LogP contribution in [-0.4, -0.2) is 34.7 Å². The Morgan fingerprint density at radius 2 is 2.14 bits per heavy atom. The van der Waals surface area contributed by atoms with Gasteiger partial charge in [-0.2, -0.15) is 0 Å². The molecule has 1 aliphatic rings. The molecule has 1 heterocycles. The van der Waals surface area contributed by atoms with Crippen LogP contribution in [0.25, 0.3) is 0 Å². The third-order valence-electron chi connectivity index (χ3n) is 3.49. The number of aromatic nitrogens is 2. The molecule has 1 aliphatic carbocycles. The third-order valence-corrected chi connectivity index (χ3v) is 3.49. The third kappa shape index (κ3) is 5.97. The largest absolute Gasteiger partial charge is 0.476 e. The van der Waals surface area contributed by atoms with E-state index in [1.54, 1.807) is 19.3 Å². The monoisotopic (exact) mass is 307 g/mol. The van der Waals surface area contributed by atoms with Crippen LogP contribution in [0, 0.1) is 5.92 Å². The van der Waals surface area contributed by atoms with Crippen molar-refractivity contribution < 1.29 is 14.3 Å². The van der Waals surface area contributed by atoms with Crippen molar-refractivity contribution in [2.24, 2.45) is 5.92 Å². The summed E-state index contributed by atoms with van der Waals surface area (Å²) in [5.74, 6) is 1.07. The molecular weight excluding hydrogens is 282 g/mol. The molecular formula is C16H25N3O3. The zero-order chi connectivity index (χ0) is 16.0. The number of ether oxygens (including phenoxy) is 2. The van der Waals surface area contributed by atoms with E-state index >= 15 is 0 Å². The van der Waals surface area contributed by atoms with Crippen molar-refractivity contribution in [3.63, 3.8) is 0 Å². The Balaban J connectivity index is 1.76. The van der Waals surface area contributed by atoms with Crippen molar-refractivity contribution in [3.05, 3.63) is 18.1 Å². The van der Waals surface area contributed by atoms with Gasteiger partial charge in [0.1, 0.15) is 0 Å². The summed E-state index contributed by atoms with van der Waals surface area (Å²) in [6, 6.07) is 0. The van der Waals surface area contributed by atoms with Crippen LogP contribution >= 0.6 is 0 Å². The Morgan fingerprint density at radius 3 is 2.73 bits per heavy atom. The van der Waals surface area contributed by atoms with Gasteiger partial charge in [-0.25, -0.2) is 4.98 Å². The first-order valence-corrected chi connectivity index (χ1v) is 7.83. The fourth-order valence-electron chi connectivity index (χ4n) is 1.96. The zero-order valence-corrected chi connectivity index (χ0v) is 13.6. The van der Waals surface area contributed by atoms with Crippen molar-refractivity contribution >= 4 is 5.97 Å². The lowest BCUT2D eigenvalue weighted by molar-refractivity contribution is -0.144. The fraction of sp³-hybridized carbons (Fsp3) is 0.688. The molecule has 1 fully saturated rings. The van der Waals surface area contributed by atoms with Gasteiger partial charge in [-0.3, -0.25) is 9.78 Å². The predicted octanol–water partition coefficient (Wildman–Crippen LogP) is 2.09. The van der Waals surface area contributed by atoms with Crippen LogP contribution in [-0.2, 0) is 16.1 Å². The molecule has 0 unspecified atom stereocenters. The minimum absolute atomic E-state index is 0.199. The van der Waals surface area contributed by atoms with Gasteiger partial charge < -0.3 is 14.8 Å². The van der Waals surface area contributed by atoms with E-state index in [2.05, 4.69) is 15.3 Å². The average Bonchev–Trinajstić information content (AvgIpc) is 3.28. The van der Waals surface area contributed by atoms with Gasteiger partial charge in [-0.15, -0.1) is 0 Å². The molecule has 0 aromatic carbocycles. The van der Waals surface area contributed by atoms with Crippen LogP contribution in [0.15, 0.2) is 12.4 Å². The maximum absolute atomic E-state index is 11.5. The molecule has 6 nitrogen and oxygen atoms in total. The Bertz CT molecular complexity index is 484. The van der Waals surface area contributed by atoms with E-state index < -0.39 is 0 Å². The number of hydrogen-bond donors (Lipinski definition) is 1. The normalized spacial score (nSPS) is 14.7. The van der Waals surface area contributed by atoms with Crippen molar-refractivity contribution in [3.8, 4) is 5.88 Å². The minimum Gasteiger partial charge on any atom is -0.476 e. The number of esters is 1. The van der Waals surface area contributed by atoms with E-state index in [0.29, 0.717) is 31.4 Å². The van der Waals surface area contributed by atoms with Gasteiger partial charge >= 0.3 is 5.97 Å². The average molecular weight is 307 g/mol. The zero-order valence-electron chi connectivity index (χ0n) is 13.6. The summed E-state index contributed by atoms with van der Waals surface area (Å²) in [6.07, 6.45) is 6.18. The van der Waals surface area contributed by atoms with Crippen LogP contribution in [0.5, 0.6) is 5.88 Å². The first-order valence-electron chi connectivity index (χ1n) is 7.83. The number of carbonyl (C=O) groups excluding carboxylic acids is 1. The van der Waals surface area contributed by atoms with Crippen molar-refractivity contribution in [2.75, 3.05) is 13.2 Å². The second-order valence-electron chi connectivity index (χ2n) is 6.32.